The van der Waals surface area contributed by atoms with E-state index in [9.17, 15) is 4.79 Å². The van der Waals surface area contributed by atoms with Crippen LogP contribution in [0.25, 0.3) is 0 Å². The summed E-state index contributed by atoms with van der Waals surface area (Å²) in [4.78, 5) is 13.2. The van der Waals surface area contributed by atoms with Crippen molar-refractivity contribution < 1.29 is 14.6 Å². The van der Waals surface area contributed by atoms with Gasteiger partial charge >= 0.3 is 5.97 Å². The quantitative estimate of drug-likeness (QED) is 0.466. The number of nitrogens with zero attached hydrogens (tertiary/aromatic N) is 1. The molecule has 4 rings (SSSR count). The van der Waals surface area contributed by atoms with Crippen LogP contribution in [0.3, 0.4) is 0 Å². The molecule has 0 saturated heterocycles. The zero-order valence-electron chi connectivity index (χ0n) is 18.3. The number of hydrogen-bond acceptors (Lipinski definition) is 4. The third-order valence-corrected chi connectivity index (χ3v) is 5.88. The van der Waals surface area contributed by atoms with Crippen LogP contribution < -0.4 is 15.0 Å². The Bertz CT molecular complexity index is 1020. The van der Waals surface area contributed by atoms with Crippen LogP contribution in [0.2, 0.25) is 0 Å². The van der Waals surface area contributed by atoms with Gasteiger partial charge in [-0.2, -0.15) is 0 Å². The summed E-state index contributed by atoms with van der Waals surface area (Å²) in [6.07, 6.45) is 2.96. The number of rotatable bonds is 10. The number of aryl methyl sites for hydroxylation is 1. The number of para-hydroxylation sites is 1. The zero-order chi connectivity index (χ0) is 22.2. The molecule has 0 saturated carbocycles. The predicted molar refractivity (Wildman–Crippen MR) is 129 cm³/mol. The van der Waals surface area contributed by atoms with Gasteiger partial charge in [0.15, 0.2) is 0 Å². The maximum Gasteiger partial charge on any atom is 0.303 e. The molecular formula is C27H30N2O3. The first-order valence-electron chi connectivity index (χ1n) is 11.3. The van der Waals surface area contributed by atoms with Gasteiger partial charge in [0.2, 0.25) is 0 Å². The Morgan fingerprint density at radius 1 is 1.00 bits per heavy atom. The third kappa shape index (κ3) is 5.82. The van der Waals surface area contributed by atoms with E-state index in [0.29, 0.717) is 13.0 Å². The Balaban J connectivity index is 1.35. The Morgan fingerprint density at radius 2 is 1.81 bits per heavy atom. The number of fused-ring (bicyclic) bond motifs is 1. The molecule has 3 aromatic rings. The predicted octanol–water partition coefficient (Wildman–Crippen LogP) is 5.15. The highest BCUT2D eigenvalue weighted by Crippen LogP contribution is 2.30. The van der Waals surface area contributed by atoms with Gasteiger partial charge in [-0.1, -0.05) is 42.5 Å². The molecule has 5 heteroatoms. The van der Waals surface area contributed by atoms with Crippen molar-refractivity contribution in [1.29, 1.82) is 0 Å². The molecule has 166 valence electrons. The summed E-state index contributed by atoms with van der Waals surface area (Å²) in [6, 6.07) is 24.6. The van der Waals surface area contributed by atoms with Gasteiger partial charge in [-0.3, -0.25) is 4.79 Å². The number of nitrogens with one attached hydrogen (secondary N) is 1. The largest absolute Gasteiger partial charge is 0.492 e. The molecule has 5 nitrogen and oxygen atoms in total. The fraction of sp³-hybridized carbons (Fsp3) is 0.296. The minimum atomic E-state index is -0.762. The molecule has 0 amide bonds. The normalized spacial score (nSPS) is 12.8. The van der Waals surface area contributed by atoms with Crippen molar-refractivity contribution >= 4 is 17.3 Å². The Hall–Kier alpha value is -3.47. The molecule has 2 N–H and O–H groups in total. The first-order chi connectivity index (χ1) is 15.7. The molecule has 32 heavy (non-hydrogen) atoms. The second kappa shape index (κ2) is 10.7. The number of carboxylic acids is 1. The van der Waals surface area contributed by atoms with Gasteiger partial charge in [0.1, 0.15) is 12.4 Å². The SMILES string of the molecule is O=C(O)CCc1ccc(NCc2cccc3c2CCCN3CCOc2ccccc2)cc1. The molecule has 0 atom stereocenters. The van der Waals surface area contributed by atoms with Crippen molar-refractivity contribution in [3.63, 3.8) is 0 Å². The van der Waals surface area contributed by atoms with Crippen LogP contribution in [0.5, 0.6) is 5.75 Å². The van der Waals surface area contributed by atoms with Crippen molar-refractivity contribution in [2.75, 3.05) is 29.9 Å². The van der Waals surface area contributed by atoms with Crippen LogP contribution in [-0.4, -0.2) is 30.8 Å². The molecule has 0 aromatic heterocycles. The Kier molecular flexibility index (Phi) is 7.28. The lowest BCUT2D eigenvalue weighted by Crippen LogP contribution is -2.33. The van der Waals surface area contributed by atoms with E-state index in [1.54, 1.807) is 0 Å². The van der Waals surface area contributed by atoms with Gasteiger partial charge in [0.05, 0.1) is 6.54 Å². The molecule has 1 aliphatic heterocycles. The van der Waals surface area contributed by atoms with E-state index in [1.807, 2.05) is 54.6 Å². The van der Waals surface area contributed by atoms with Gasteiger partial charge in [-0.15, -0.1) is 0 Å². The minimum absolute atomic E-state index is 0.163. The van der Waals surface area contributed by atoms with Crippen LogP contribution >= 0.6 is 0 Å². The van der Waals surface area contributed by atoms with Crippen LogP contribution in [0, 0.1) is 0 Å². The third-order valence-electron chi connectivity index (χ3n) is 5.88. The second-order valence-corrected chi connectivity index (χ2v) is 8.11. The maximum atomic E-state index is 10.7. The van der Waals surface area contributed by atoms with Crippen molar-refractivity contribution in [3.8, 4) is 5.75 Å². The molecule has 1 aliphatic rings. The lowest BCUT2D eigenvalue weighted by molar-refractivity contribution is -0.136. The number of anilines is 2. The Labute approximate surface area is 189 Å². The molecule has 0 spiro atoms. The molecule has 1 heterocycles. The van der Waals surface area contributed by atoms with Crippen LogP contribution in [0.4, 0.5) is 11.4 Å². The molecular weight excluding hydrogens is 400 g/mol. The van der Waals surface area contributed by atoms with Gasteiger partial charge in [-0.05, 0) is 66.3 Å². The van der Waals surface area contributed by atoms with E-state index in [4.69, 9.17) is 9.84 Å². The van der Waals surface area contributed by atoms with E-state index in [2.05, 4.69) is 28.4 Å². The number of aliphatic carboxylic acids is 1. The number of carboxylic acid groups (broad SMARTS) is 1. The van der Waals surface area contributed by atoms with Crippen LogP contribution in [-0.2, 0) is 24.2 Å². The number of benzene rings is 3. The summed E-state index contributed by atoms with van der Waals surface area (Å²) in [6.45, 7) is 3.36. The second-order valence-electron chi connectivity index (χ2n) is 8.11. The van der Waals surface area contributed by atoms with Crippen molar-refractivity contribution in [2.24, 2.45) is 0 Å². The monoisotopic (exact) mass is 430 g/mol. The first-order valence-corrected chi connectivity index (χ1v) is 11.3. The highest BCUT2D eigenvalue weighted by atomic mass is 16.5. The minimum Gasteiger partial charge on any atom is -0.492 e. The van der Waals surface area contributed by atoms with Gasteiger partial charge < -0.3 is 20.1 Å². The zero-order valence-corrected chi connectivity index (χ0v) is 18.3. The van der Waals surface area contributed by atoms with Crippen LogP contribution in [0.15, 0.2) is 72.8 Å². The molecule has 0 fully saturated rings. The van der Waals surface area contributed by atoms with Gasteiger partial charge in [0, 0.05) is 30.9 Å². The summed E-state index contributed by atoms with van der Waals surface area (Å²) in [7, 11) is 0. The topological polar surface area (TPSA) is 61.8 Å². The van der Waals surface area contributed by atoms with Gasteiger partial charge in [-0.25, -0.2) is 0 Å². The van der Waals surface area contributed by atoms with E-state index in [0.717, 1.165) is 49.5 Å². The molecule has 3 aromatic carbocycles. The first kappa shape index (κ1) is 21.8. The van der Waals surface area contributed by atoms with E-state index < -0.39 is 5.97 Å². The van der Waals surface area contributed by atoms with Crippen LogP contribution in [0.1, 0.15) is 29.5 Å². The summed E-state index contributed by atoms with van der Waals surface area (Å²) in [5, 5.41) is 12.4. The average Bonchev–Trinajstić information content (AvgIpc) is 2.83. The van der Waals surface area contributed by atoms with Gasteiger partial charge in [0.25, 0.3) is 0 Å². The number of carbonyl (C=O) groups is 1. The highest BCUT2D eigenvalue weighted by Gasteiger charge is 2.19. The summed E-state index contributed by atoms with van der Waals surface area (Å²) >= 11 is 0. The van der Waals surface area contributed by atoms with E-state index >= 15 is 0 Å². The van der Waals surface area contributed by atoms with Crippen molar-refractivity contribution in [3.05, 3.63) is 89.5 Å². The van der Waals surface area contributed by atoms with Crippen molar-refractivity contribution in [2.45, 2.75) is 32.2 Å². The summed E-state index contributed by atoms with van der Waals surface area (Å²) in [5.74, 6) is 0.151. The summed E-state index contributed by atoms with van der Waals surface area (Å²) in [5.41, 5.74) is 6.15. The van der Waals surface area contributed by atoms with Crippen molar-refractivity contribution in [1.82, 2.24) is 0 Å². The smallest absolute Gasteiger partial charge is 0.303 e. The fourth-order valence-corrected chi connectivity index (χ4v) is 4.20. The standard InChI is InChI=1S/C27H30N2O3/c30-27(31)16-13-21-11-14-23(15-12-21)28-20-22-6-4-10-26-25(22)9-5-17-29(26)18-19-32-24-7-2-1-3-8-24/h1-4,6-8,10-12,14-15,28H,5,9,13,16-20H2,(H,30,31). The lowest BCUT2D eigenvalue weighted by atomic mass is 9.96. The number of ether oxygens (including phenoxy) is 1. The maximum absolute atomic E-state index is 10.7. The molecule has 0 bridgehead atoms. The highest BCUT2D eigenvalue weighted by molar-refractivity contribution is 5.67. The van der Waals surface area contributed by atoms with E-state index in [1.165, 1.54) is 16.8 Å². The summed E-state index contributed by atoms with van der Waals surface area (Å²) < 4.78 is 5.91. The molecule has 0 aliphatic carbocycles. The molecule has 0 unspecified atom stereocenters. The molecule has 0 radical (unpaired) electrons. The lowest BCUT2D eigenvalue weighted by Gasteiger charge is -2.32. The fourth-order valence-electron chi connectivity index (χ4n) is 4.20. The van der Waals surface area contributed by atoms with E-state index in [-0.39, 0.29) is 6.42 Å². The average molecular weight is 431 g/mol. The Morgan fingerprint density at radius 3 is 2.59 bits per heavy atom. The number of hydrogen-bond donors (Lipinski definition) is 2.